The van der Waals surface area contributed by atoms with Gasteiger partial charge in [-0.3, -0.25) is 19.1 Å². The molecule has 0 saturated carbocycles. The molecule has 11 heteroatoms. The Morgan fingerprint density at radius 2 is 1.94 bits per heavy atom. The molecular weight excluding hydrogens is 454 g/mol. The van der Waals surface area contributed by atoms with E-state index in [9.17, 15) is 14.4 Å². The molecule has 1 amide bonds. The molecule has 1 aromatic heterocycles. The van der Waals surface area contributed by atoms with E-state index in [4.69, 9.17) is 19.9 Å². The number of anilines is 3. The van der Waals surface area contributed by atoms with Gasteiger partial charge in [-0.2, -0.15) is 0 Å². The lowest BCUT2D eigenvalue weighted by molar-refractivity contribution is -0.116. The highest BCUT2D eigenvalue weighted by Crippen LogP contribution is 2.34. The first kappa shape index (κ1) is 23.9. The van der Waals surface area contributed by atoms with E-state index in [0.29, 0.717) is 23.7 Å². The van der Waals surface area contributed by atoms with Gasteiger partial charge in [0.2, 0.25) is 12.7 Å². The van der Waals surface area contributed by atoms with Crippen molar-refractivity contribution in [1.29, 1.82) is 0 Å². The minimum atomic E-state index is -0.617. The molecule has 2 heterocycles. The van der Waals surface area contributed by atoms with Crippen molar-refractivity contribution in [1.82, 2.24) is 9.55 Å². The SMILES string of the molecule is COCCn1c(N)c(N(CCC(=O)Nc2ccc3c(c2)OCO3)Cc2ccccc2)c(=O)[nH]c1=O. The van der Waals surface area contributed by atoms with Gasteiger partial charge in [0.05, 0.1) is 13.2 Å². The van der Waals surface area contributed by atoms with Crippen LogP contribution in [0.15, 0.2) is 58.1 Å². The average molecular weight is 482 g/mol. The number of nitrogens with zero attached hydrogens (tertiary/aromatic N) is 2. The van der Waals surface area contributed by atoms with Crippen molar-refractivity contribution in [2.45, 2.75) is 19.5 Å². The maximum absolute atomic E-state index is 12.8. The summed E-state index contributed by atoms with van der Waals surface area (Å²) in [7, 11) is 1.51. The van der Waals surface area contributed by atoms with Crippen LogP contribution in [-0.2, 0) is 22.6 Å². The number of rotatable bonds is 10. The molecule has 0 atom stereocenters. The largest absolute Gasteiger partial charge is 0.454 e. The molecule has 0 bridgehead atoms. The predicted molar refractivity (Wildman–Crippen MR) is 131 cm³/mol. The molecule has 11 nitrogen and oxygen atoms in total. The summed E-state index contributed by atoms with van der Waals surface area (Å²) in [6, 6.07) is 14.6. The zero-order chi connectivity index (χ0) is 24.8. The number of benzene rings is 2. The first-order valence-corrected chi connectivity index (χ1v) is 11.1. The van der Waals surface area contributed by atoms with Crippen molar-refractivity contribution in [3.63, 3.8) is 0 Å². The Morgan fingerprint density at radius 3 is 2.71 bits per heavy atom. The van der Waals surface area contributed by atoms with E-state index in [1.165, 1.54) is 11.7 Å². The number of carbonyl (C=O) groups is 1. The fourth-order valence-corrected chi connectivity index (χ4v) is 3.80. The Kier molecular flexibility index (Phi) is 7.36. The van der Waals surface area contributed by atoms with Crippen LogP contribution >= 0.6 is 0 Å². The van der Waals surface area contributed by atoms with Gasteiger partial charge in [-0.15, -0.1) is 0 Å². The Hall–Kier alpha value is -4.25. The normalized spacial score (nSPS) is 11.9. The number of hydrogen-bond donors (Lipinski definition) is 3. The first-order valence-electron chi connectivity index (χ1n) is 11.1. The summed E-state index contributed by atoms with van der Waals surface area (Å²) in [6.07, 6.45) is 0.0668. The number of hydrogen-bond acceptors (Lipinski definition) is 8. The number of H-pyrrole nitrogens is 1. The van der Waals surface area contributed by atoms with Gasteiger partial charge in [-0.05, 0) is 17.7 Å². The molecular formula is C24H27N5O6. The molecule has 2 aromatic carbocycles. The van der Waals surface area contributed by atoms with Gasteiger partial charge in [0, 0.05) is 38.4 Å². The highest BCUT2D eigenvalue weighted by atomic mass is 16.7. The second kappa shape index (κ2) is 10.8. The summed E-state index contributed by atoms with van der Waals surface area (Å²) in [5.74, 6) is 0.939. The Bertz CT molecular complexity index is 1300. The zero-order valence-corrected chi connectivity index (χ0v) is 19.3. The molecule has 0 spiro atoms. The fourth-order valence-electron chi connectivity index (χ4n) is 3.80. The van der Waals surface area contributed by atoms with E-state index in [0.717, 1.165) is 5.56 Å². The monoisotopic (exact) mass is 481 g/mol. The van der Waals surface area contributed by atoms with E-state index in [1.54, 1.807) is 23.1 Å². The zero-order valence-electron chi connectivity index (χ0n) is 19.3. The van der Waals surface area contributed by atoms with Crippen LogP contribution in [0.5, 0.6) is 11.5 Å². The molecule has 1 aliphatic rings. The number of carbonyl (C=O) groups excluding carboxylic acids is 1. The number of amides is 1. The van der Waals surface area contributed by atoms with Crippen molar-refractivity contribution in [3.05, 3.63) is 74.9 Å². The maximum Gasteiger partial charge on any atom is 0.330 e. The third kappa shape index (κ3) is 5.64. The van der Waals surface area contributed by atoms with Crippen LogP contribution in [0.4, 0.5) is 17.2 Å². The third-order valence-corrected chi connectivity index (χ3v) is 5.53. The van der Waals surface area contributed by atoms with Gasteiger partial charge in [0.15, 0.2) is 11.5 Å². The summed E-state index contributed by atoms with van der Waals surface area (Å²) >= 11 is 0. The molecule has 4 rings (SSSR count). The molecule has 4 N–H and O–H groups in total. The molecule has 0 aliphatic carbocycles. The molecule has 0 fully saturated rings. The molecule has 0 saturated heterocycles. The van der Waals surface area contributed by atoms with Crippen molar-refractivity contribution < 1.29 is 19.0 Å². The van der Waals surface area contributed by atoms with E-state index in [2.05, 4.69) is 10.3 Å². The predicted octanol–water partition coefficient (Wildman–Crippen LogP) is 1.53. The lowest BCUT2D eigenvalue weighted by Gasteiger charge is -2.26. The van der Waals surface area contributed by atoms with Crippen LogP contribution in [-0.4, -0.2) is 42.5 Å². The van der Waals surface area contributed by atoms with Gasteiger partial charge in [-0.25, -0.2) is 4.79 Å². The van der Waals surface area contributed by atoms with E-state index in [-0.39, 0.29) is 50.3 Å². The minimum Gasteiger partial charge on any atom is -0.454 e. The van der Waals surface area contributed by atoms with E-state index in [1.807, 2.05) is 30.3 Å². The lowest BCUT2D eigenvalue weighted by Crippen LogP contribution is -2.39. The second-order valence-corrected chi connectivity index (χ2v) is 7.91. The quantitative estimate of drug-likeness (QED) is 0.396. The van der Waals surface area contributed by atoms with Gasteiger partial charge in [0.25, 0.3) is 5.56 Å². The smallest absolute Gasteiger partial charge is 0.330 e. The average Bonchev–Trinajstić information content (AvgIpc) is 3.31. The Morgan fingerprint density at radius 1 is 1.17 bits per heavy atom. The maximum atomic E-state index is 12.8. The molecule has 0 unspecified atom stereocenters. The number of nitrogens with one attached hydrogen (secondary N) is 2. The number of aromatic amines is 1. The van der Waals surface area contributed by atoms with Crippen LogP contribution < -0.4 is 36.7 Å². The fraction of sp³-hybridized carbons (Fsp3) is 0.292. The van der Waals surface area contributed by atoms with Crippen LogP contribution in [0.1, 0.15) is 12.0 Å². The lowest BCUT2D eigenvalue weighted by atomic mass is 10.2. The highest BCUT2D eigenvalue weighted by molar-refractivity contribution is 5.91. The minimum absolute atomic E-state index is 0.0166. The van der Waals surface area contributed by atoms with Crippen LogP contribution in [0.2, 0.25) is 0 Å². The van der Waals surface area contributed by atoms with Crippen molar-refractivity contribution in [2.24, 2.45) is 0 Å². The summed E-state index contributed by atoms with van der Waals surface area (Å²) < 4.78 is 16.9. The topological polar surface area (TPSA) is 141 Å². The van der Waals surface area contributed by atoms with Gasteiger partial charge in [0.1, 0.15) is 11.5 Å². The standard InChI is InChI=1S/C24H27N5O6/c1-33-12-11-29-22(25)21(23(31)27-24(29)32)28(14-16-5-3-2-4-6-16)10-9-20(30)26-17-7-8-18-19(13-17)35-15-34-18/h2-8,13H,9-12,14-15,25H2,1H3,(H,26,30)(H,27,31,32). The molecule has 3 aromatic rings. The van der Waals surface area contributed by atoms with E-state index < -0.39 is 11.2 Å². The number of ether oxygens (including phenoxy) is 3. The van der Waals surface area contributed by atoms with Crippen molar-refractivity contribution >= 4 is 23.1 Å². The molecule has 1 aliphatic heterocycles. The van der Waals surface area contributed by atoms with Crippen LogP contribution in [0.25, 0.3) is 0 Å². The number of nitrogen functional groups attached to an aromatic ring is 1. The van der Waals surface area contributed by atoms with Gasteiger partial charge >= 0.3 is 5.69 Å². The first-order chi connectivity index (χ1) is 17.0. The number of methoxy groups -OCH3 is 1. The van der Waals surface area contributed by atoms with Crippen molar-refractivity contribution in [3.8, 4) is 11.5 Å². The third-order valence-electron chi connectivity index (χ3n) is 5.53. The van der Waals surface area contributed by atoms with E-state index >= 15 is 0 Å². The number of nitrogens with two attached hydrogens (primary N) is 1. The van der Waals surface area contributed by atoms with Crippen molar-refractivity contribution in [2.75, 3.05) is 43.0 Å². The molecule has 0 radical (unpaired) electrons. The van der Waals surface area contributed by atoms with Gasteiger partial charge in [-0.1, -0.05) is 30.3 Å². The van der Waals surface area contributed by atoms with Crippen LogP contribution in [0, 0.1) is 0 Å². The summed E-state index contributed by atoms with van der Waals surface area (Å²) in [6.45, 7) is 1.06. The molecule has 35 heavy (non-hydrogen) atoms. The number of fused-ring (bicyclic) bond motifs is 1. The second-order valence-electron chi connectivity index (χ2n) is 7.91. The van der Waals surface area contributed by atoms with Crippen LogP contribution in [0.3, 0.4) is 0 Å². The Labute approximate surface area is 201 Å². The number of aromatic nitrogens is 2. The molecule has 184 valence electrons. The summed E-state index contributed by atoms with van der Waals surface area (Å²) in [5.41, 5.74) is 6.66. The summed E-state index contributed by atoms with van der Waals surface area (Å²) in [5, 5.41) is 2.83. The Balaban J connectivity index is 1.56. The van der Waals surface area contributed by atoms with Gasteiger partial charge < -0.3 is 30.2 Å². The summed E-state index contributed by atoms with van der Waals surface area (Å²) in [4.78, 5) is 41.9. The highest BCUT2D eigenvalue weighted by Gasteiger charge is 2.21.